The Labute approximate surface area is 163 Å². The van der Waals surface area contributed by atoms with Crippen molar-refractivity contribution in [3.8, 4) is 0 Å². The van der Waals surface area contributed by atoms with Crippen LogP contribution in [-0.4, -0.2) is 48.4 Å². The third kappa shape index (κ3) is 6.09. The minimum absolute atomic E-state index is 0.0318. The maximum absolute atomic E-state index is 12.2. The fourth-order valence-corrected chi connectivity index (χ4v) is 3.45. The van der Waals surface area contributed by atoms with Crippen LogP contribution in [0, 0.1) is 5.92 Å². The van der Waals surface area contributed by atoms with Crippen molar-refractivity contribution in [3.63, 3.8) is 0 Å². The highest BCUT2D eigenvalue weighted by molar-refractivity contribution is 6.30. The number of hydrogen-bond acceptors (Lipinski definition) is 4. The topological polar surface area (TPSA) is 99.7 Å². The molecule has 1 aromatic carbocycles. The van der Waals surface area contributed by atoms with Crippen LogP contribution in [0.4, 0.5) is 10.5 Å². The van der Waals surface area contributed by atoms with Gasteiger partial charge in [0.05, 0.1) is 18.8 Å². The zero-order chi connectivity index (χ0) is 19.2. The van der Waals surface area contributed by atoms with Crippen molar-refractivity contribution in [2.24, 2.45) is 5.92 Å². The summed E-state index contributed by atoms with van der Waals surface area (Å²) in [6, 6.07) is 6.26. The van der Waals surface area contributed by atoms with Gasteiger partial charge in [0.25, 0.3) is 0 Å². The lowest BCUT2D eigenvalue weighted by atomic mass is 9.97. The monoisotopic (exact) mass is 395 g/mol. The second kappa shape index (κ2) is 9.39. The van der Waals surface area contributed by atoms with Crippen LogP contribution in [-0.2, 0) is 9.53 Å². The van der Waals surface area contributed by atoms with Crippen molar-refractivity contribution >= 4 is 29.2 Å². The van der Waals surface area contributed by atoms with E-state index >= 15 is 0 Å². The maximum atomic E-state index is 12.2. The molecule has 0 unspecified atom stereocenters. The molecule has 1 aromatic rings. The quantitative estimate of drug-likeness (QED) is 0.569. The van der Waals surface area contributed by atoms with Crippen LogP contribution in [0.2, 0.25) is 5.02 Å². The van der Waals surface area contributed by atoms with E-state index in [2.05, 4.69) is 16.0 Å². The third-order valence-corrected chi connectivity index (χ3v) is 5.14. The van der Waals surface area contributed by atoms with Gasteiger partial charge >= 0.3 is 6.03 Å². The summed E-state index contributed by atoms with van der Waals surface area (Å²) in [5.74, 6) is 0.329. The summed E-state index contributed by atoms with van der Waals surface area (Å²) >= 11 is 5.91. The Balaban J connectivity index is 1.42. The number of aliphatic hydroxyl groups excluding tert-OH is 1. The highest BCUT2D eigenvalue weighted by Gasteiger charge is 2.32. The number of ether oxygens (including phenoxy) is 1. The molecule has 1 heterocycles. The predicted octanol–water partition coefficient (Wildman–Crippen LogP) is 2.29. The number of amides is 3. The molecule has 0 radical (unpaired) electrons. The molecule has 0 bridgehead atoms. The molecule has 3 rings (SSSR count). The van der Waals surface area contributed by atoms with Gasteiger partial charge < -0.3 is 25.8 Å². The Morgan fingerprint density at radius 2 is 2.04 bits per heavy atom. The van der Waals surface area contributed by atoms with Crippen molar-refractivity contribution in [1.29, 1.82) is 0 Å². The maximum Gasteiger partial charge on any atom is 0.319 e. The Morgan fingerprint density at radius 1 is 1.22 bits per heavy atom. The molecule has 0 aromatic heterocycles. The number of halogens is 1. The van der Waals surface area contributed by atoms with Crippen molar-refractivity contribution in [2.45, 2.75) is 50.4 Å². The van der Waals surface area contributed by atoms with E-state index < -0.39 is 6.10 Å². The Bertz CT molecular complexity index is 668. The number of rotatable bonds is 7. The fraction of sp³-hybridized carbons (Fsp3) is 0.579. The lowest BCUT2D eigenvalue weighted by molar-refractivity contribution is -0.122. The van der Waals surface area contributed by atoms with E-state index in [0.717, 1.165) is 19.3 Å². The van der Waals surface area contributed by atoms with E-state index in [-0.39, 0.29) is 36.6 Å². The van der Waals surface area contributed by atoms with Crippen LogP contribution < -0.4 is 16.0 Å². The van der Waals surface area contributed by atoms with E-state index in [9.17, 15) is 14.7 Å². The number of carbonyl (C=O) groups excluding carboxylic acids is 2. The van der Waals surface area contributed by atoms with Crippen molar-refractivity contribution in [3.05, 3.63) is 29.3 Å². The molecule has 4 N–H and O–H groups in total. The number of anilines is 1. The molecule has 2 aliphatic rings. The van der Waals surface area contributed by atoms with Gasteiger partial charge in [0.15, 0.2) is 0 Å². The number of benzene rings is 1. The third-order valence-electron chi connectivity index (χ3n) is 4.91. The number of carbonyl (C=O) groups is 2. The second-order valence-corrected chi connectivity index (χ2v) is 7.56. The molecule has 1 aliphatic carbocycles. The van der Waals surface area contributed by atoms with Gasteiger partial charge in [0.2, 0.25) is 5.91 Å². The van der Waals surface area contributed by atoms with Crippen LogP contribution >= 0.6 is 11.6 Å². The van der Waals surface area contributed by atoms with E-state index in [4.69, 9.17) is 16.3 Å². The van der Waals surface area contributed by atoms with E-state index in [1.807, 2.05) is 0 Å². The molecule has 148 valence electrons. The second-order valence-electron chi connectivity index (χ2n) is 7.13. The van der Waals surface area contributed by atoms with Crippen LogP contribution in [0.1, 0.15) is 32.1 Å². The Kier molecular flexibility index (Phi) is 6.93. The molecular formula is C19H26ClN3O4. The first-order valence-electron chi connectivity index (χ1n) is 9.42. The average Bonchev–Trinajstić information content (AvgIpc) is 3.48. The lowest BCUT2D eigenvalue weighted by Crippen LogP contribution is -2.52. The minimum Gasteiger partial charge on any atom is -0.394 e. The largest absolute Gasteiger partial charge is 0.394 e. The number of nitrogens with one attached hydrogen (secondary N) is 3. The number of urea groups is 1. The Morgan fingerprint density at radius 3 is 2.74 bits per heavy atom. The first-order valence-corrected chi connectivity index (χ1v) is 9.80. The summed E-state index contributed by atoms with van der Waals surface area (Å²) in [5, 5.41) is 18.7. The molecule has 2 fully saturated rings. The van der Waals surface area contributed by atoms with E-state index in [1.165, 1.54) is 0 Å². The summed E-state index contributed by atoms with van der Waals surface area (Å²) in [6.07, 6.45) is 3.65. The van der Waals surface area contributed by atoms with Gasteiger partial charge in [-0.25, -0.2) is 4.79 Å². The molecular weight excluding hydrogens is 370 g/mol. The van der Waals surface area contributed by atoms with Gasteiger partial charge in [-0.2, -0.15) is 0 Å². The van der Waals surface area contributed by atoms with E-state index in [0.29, 0.717) is 30.1 Å². The first-order chi connectivity index (χ1) is 13.0. The zero-order valence-corrected chi connectivity index (χ0v) is 15.9. The molecule has 3 atom stereocenters. The summed E-state index contributed by atoms with van der Waals surface area (Å²) in [4.78, 5) is 23.9. The average molecular weight is 396 g/mol. The number of aliphatic hydroxyl groups is 1. The molecule has 1 aliphatic heterocycles. The fourth-order valence-electron chi connectivity index (χ4n) is 3.26. The molecule has 0 spiro atoms. The number of hydrogen-bond donors (Lipinski definition) is 4. The molecule has 8 heteroatoms. The van der Waals surface area contributed by atoms with Gasteiger partial charge in [0.1, 0.15) is 6.10 Å². The molecule has 7 nitrogen and oxygen atoms in total. The first kappa shape index (κ1) is 19.9. The van der Waals surface area contributed by atoms with E-state index in [1.54, 1.807) is 24.3 Å². The highest BCUT2D eigenvalue weighted by Crippen LogP contribution is 2.29. The zero-order valence-electron chi connectivity index (χ0n) is 15.1. The summed E-state index contributed by atoms with van der Waals surface area (Å²) in [5.41, 5.74) is 0.599. The minimum atomic E-state index is -0.465. The lowest BCUT2D eigenvalue weighted by Gasteiger charge is -2.36. The Hall–Kier alpha value is -1.83. The normalized spacial score (nSPS) is 24.9. The van der Waals surface area contributed by atoms with Crippen LogP contribution in [0.15, 0.2) is 24.3 Å². The summed E-state index contributed by atoms with van der Waals surface area (Å²) < 4.78 is 5.91. The van der Waals surface area contributed by atoms with Gasteiger partial charge in [-0.15, -0.1) is 0 Å². The molecule has 27 heavy (non-hydrogen) atoms. The van der Waals surface area contributed by atoms with Gasteiger partial charge in [-0.3, -0.25) is 4.79 Å². The van der Waals surface area contributed by atoms with Gasteiger partial charge in [0, 0.05) is 23.2 Å². The van der Waals surface area contributed by atoms with Gasteiger partial charge in [-0.05, 0) is 50.3 Å². The standard InChI is InChI=1S/C19H26ClN3O4/c20-13-2-1-3-14(10-13)22-19(26)23-16-7-6-15(27-17(16)11-24)8-9-21-18(25)12-4-5-12/h1-3,10,12,15-17,24H,4-9,11H2,(H,21,25)(H2,22,23,26)/t15-,16+,17+/m0/s1. The molecule has 3 amide bonds. The SMILES string of the molecule is O=C(Nc1cccc(Cl)c1)N[C@@H]1CC[C@@H](CCNC(=O)C2CC2)O[C@@H]1CO. The van der Waals surface area contributed by atoms with Crippen molar-refractivity contribution in [1.82, 2.24) is 10.6 Å². The molecule has 1 saturated heterocycles. The van der Waals surface area contributed by atoms with Crippen molar-refractivity contribution < 1.29 is 19.4 Å². The van der Waals surface area contributed by atoms with Crippen LogP contribution in [0.5, 0.6) is 0 Å². The predicted molar refractivity (Wildman–Crippen MR) is 103 cm³/mol. The highest BCUT2D eigenvalue weighted by atomic mass is 35.5. The molecule has 1 saturated carbocycles. The van der Waals surface area contributed by atoms with Crippen LogP contribution in [0.25, 0.3) is 0 Å². The smallest absolute Gasteiger partial charge is 0.319 e. The van der Waals surface area contributed by atoms with Crippen LogP contribution in [0.3, 0.4) is 0 Å². The summed E-state index contributed by atoms with van der Waals surface area (Å²) in [6.45, 7) is 0.401. The van der Waals surface area contributed by atoms with Crippen molar-refractivity contribution in [2.75, 3.05) is 18.5 Å². The van der Waals surface area contributed by atoms with Gasteiger partial charge in [-0.1, -0.05) is 17.7 Å². The summed E-state index contributed by atoms with van der Waals surface area (Å²) in [7, 11) is 0.